The number of carbonyl (C=O) groups is 1. The summed E-state index contributed by atoms with van der Waals surface area (Å²) in [6, 6.07) is 0.172. The van der Waals surface area contributed by atoms with Crippen LogP contribution < -0.4 is 5.32 Å². The van der Waals surface area contributed by atoms with Crippen molar-refractivity contribution < 1.29 is 19.7 Å². The van der Waals surface area contributed by atoms with Crippen LogP contribution >= 0.6 is 22.6 Å². The Morgan fingerprint density at radius 2 is 2.00 bits per heavy atom. The lowest BCUT2D eigenvalue weighted by Gasteiger charge is -2.67. The van der Waals surface area contributed by atoms with E-state index >= 15 is 0 Å². The lowest BCUT2D eigenvalue weighted by molar-refractivity contribution is -0.275. The maximum absolute atomic E-state index is 12.6. The van der Waals surface area contributed by atoms with Gasteiger partial charge in [0.05, 0.1) is 11.7 Å². The highest BCUT2D eigenvalue weighted by Gasteiger charge is 2.68. The Hall–Kier alpha value is 0.0800. The van der Waals surface area contributed by atoms with Gasteiger partial charge < -0.3 is 20.3 Å². The maximum atomic E-state index is 12.6. The van der Waals surface area contributed by atoms with Crippen LogP contribution in [0.4, 0.5) is 0 Å². The Labute approximate surface area is 138 Å². The van der Waals surface area contributed by atoms with Crippen LogP contribution in [0.25, 0.3) is 0 Å². The van der Waals surface area contributed by atoms with Crippen LogP contribution in [0, 0.1) is 5.41 Å². The second kappa shape index (κ2) is 4.13. The van der Waals surface area contributed by atoms with Gasteiger partial charge in [0.1, 0.15) is 9.02 Å². The fourth-order valence-electron chi connectivity index (χ4n) is 5.30. The number of esters is 1. The standard InChI is InChI=1S/C15H22INO4/c1-12(16,10-4-17-10)11(19)21-15-3-9(18)2-13(7-15)5-14(20,6-13)8-15/h9-10,17-18,20H,2-8H2,1H3. The molecule has 4 aliphatic carbocycles. The molecule has 4 unspecified atom stereocenters. The quantitative estimate of drug-likeness (QED) is 0.280. The third-order valence-corrected chi connectivity index (χ3v) is 7.00. The van der Waals surface area contributed by atoms with Crippen molar-refractivity contribution in [3.8, 4) is 0 Å². The molecule has 4 atom stereocenters. The van der Waals surface area contributed by atoms with Crippen molar-refractivity contribution in [1.29, 1.82) is 0 Å². The van der Waals surface area contributed by atoms with Gasteiger partial charge in [-0.25, -0.2) is 0 Å². The summed E-state index contributed by atoms with van der Waals surface area (Å²) < 4.78 is 5.36. The Balaban J connectivity index is 1.57. The number of halogens is 1. The molecule has 5 rings (SSSR count). The molecular weight excluding hydrogens is 385 g/mol. The Morgan fingerprint density at radius 3 is 2.62 bits per heavy atom. The average molecular weight is 407 g/mol. The van der Waals surface area contributed by atoms with Crippen molar-refractivity contribution in [3.05, 3.63) is 0 Å². The topological polar surface area (TPSA) is 88.7 Å². The van der Waals surface area contributed by atoms with Gasteiger partial charge in [0.15, 0.2) is 0 Å². The van der Waals surface area contributed by atoms with Crippen molar-refractivity contribution in [2.75, 3.05) is 6.54 Å². The zero-order chi connectivity index (χ0) is 15.1. The number of nitrogens with one attached hydrogen (secondary N) is 1. The van der Waals surface area contributed by atoms with E-state index in [-0.39, 0.29) is 17.4 Å². The second-order valence-electron chi connectivity index (χ2n) is 8.10. The van der Waals surface area contributed by atoms with E-state index in [1.165, 1.54) is 0 Å². The molecule has 3 N–H and O–H groups in total. The van der Waals surface area contributed by atoms with Gasteiger partial charge >= 0.3 is 5.97 Å². The molecule has 118 valence electrons. The van der Waals surface area contributed by atoms with E-state index in [1.807, 2.05) is 6.92 Å². The molecule has 1 aliphatic heterocycles. The van der Waals surface area contributed by atoms with Crippen molar-refractivity contribution in [2.24, 2.45) is 5.41 Å². The highest BCUT2D eigenvalue weighted by atomic mass is 127. The fraction of sp³-hybridized carbons (Fsp3) is 0.933. The number of hydrogen-bond acceptors (Lipinski definition) is 5. The largest absolute Gasteiger partial charge is 0.458 e. The normalized spacial score (nSPS) is 53.3. The second-order valence-corrected chi connectivity index (χ2v) is 10.3. The molecule has 5 aliphatic rings. The first kappa shape index (κ1) is 14.7. The van der Waals surface area contributed by atoms with Gasteiger partial charge in [-0.2, -0.15) is 0 Å². The van der Waals surface area contributed by atoms with Crippen molar-refractivity contribution in [2.45, 2.75) is 72.2 Å². The number of ether oxygens (including phenoxy) is 1. The molecule has 0 aromatic heterocycles. The first-order valence-corrected chi connectivity index (χ1v) is 8.80. The van der Waals surface area contributed by atoms with Gasteiger partial charge in [-0.15, -0.1) is 0 Å². The first-order valence-electron chi connectivity index (χ1n) is 7.72. The van der Waals surface area contributed by atoms with Crippen molar-refractivity contribution in [3.63, 3.8) is 0 Å². The van der Waals surface area contributed by atoms with Crippen molar-refractivity contribution in [1.82, 2.24) is 5.32 Å². The minimum absolute atomic E-state index is 0.00947. The van der Waals surface area contributed by atoms with E-state index in [0.717, 1.165) is 32.2 Å². The average Bonchev–Trinajstić information content (AvgIpc) is 3.06. The van der Waals surface area contributed by atoms with E-state index in [2.05, 4.69) is 27.9 Å². The molecule has 5 nitrogen and oxygen atoms in total. The monoisotopic (exact) mass is 407 g/mol. The van der Waals surface area contributed by atoms with E-state index in [9.17, 15) is 15.0 Å². The van der Waals surface area contributed by atoms with Crippen LogP contribution in [0.2, 0.25) is 0 Å². The predicted molar refractivity (Wildman–Crippen MR) is 84.1 cm³/mol. The van der Waals surface area contributed by atoms with Gasteiger partial charge in [0, 0.05) is 25.4 Å². The molecule has 4 saturated carbocycles. The molecule has 0 aromatic carbocycles. The molecule has 1 heterocycles. The number of hydrogen-bond donors (Lipinski definition) is 3. The summed E-state index contributed by atoms with van der Waals surface area (Å²) in [5, 5.41) is 23.9. The molecule has 1 spiro atoms. The summed E-state index contributed by atoms with van der Waals surface area (Å²) in [4.78, 5) is 12.6. The van der Waals surface area contributed by atoms with E-state index < -0.39 is 20.7 Å². The van der Waals surface area contributed by atoms with Crippen molar-refractivity contribution >= 4 is 28.6 Å². The SMILES string of the molecule is CC(I)(C(=O)OC12CC(O)CC3(CC(O)(C3)C1)C2)C1CN1. The summed E-state index contributed by atoms with van der Waals surface area (Å²) in [6.45, 7) is 2.74. The maximum Gasteiger partial charge on any atom is 0.323 e. The Bertz CT molecular complexity index is 488. The molecule has 5 fully saturated rings. The third kappa shape index (κ3) is 2.24. The van der Waals surface area contributed by atoms with Crippen LogP contribution in [0.5, 0.6) is 0 Å². The molecule has 3 bridgehead atoms. The van der Waals surface area contributed by atoms with Crippen LogP contribution in [0.3, 0.4) is 0 Å². The van der Waals surface area contributed by atoms with Gasteiger partial charge in [-0.1, -0.05) is 22.6 Å². The highest BCUT2D eigenvalue weighted by Crippen LogP contribution is 2.67. The molecule has 0 amide bonds. The molecular formula is C15H22INO4. The number of rotatable bonds is 3. The number of aliphatic hydroxyl groups excluding tert-OH is 1. The summed E-state index contributed by atoms with van der Waals surface area (Å²) in [5.41, 5.74) is -1.36. The summed E-state index contributed by atoms with van der Waals surface area (Å²) in [7, 11) is 0. The number of aliphatic hydroxyl groups is 2. The minimum atomic E-state index is -0.682. The van der Waals surface area contributed by atoms with Gasteiger partial charge in [0.25, 0.3) is 0 Å². The summed E-state index contributed by atoms with van der Waals surface area (Å²) in [6.07, 6.45) is 3.57. The van der Waals surface area contributed by atoms with E-state index in [0.29, 0.717) is 12.8 Å². The Morgan fingerprint density at radius 1 is 1.33 bits per heavy atom. The lowest BCUT2D eigenvalue weighted by Crippen LogP contribution is -2.69. The zero-order valence-electron chi connectivity index (χ0n) is 12.2. The molecule has 0 aromatic rings. The van der Waals surface area contributed by atoms with E-state index in [4.69, 9.17) is 4.74 Å². The van der Waals surface area contributed by atoms with Crippen LogP contribution in [-0.2, 0) is 9.53 Å². The van der Waals surface area contributed by atoms with Crippen LogP contribution in [0.1, 0.15) is 45.4 Å². The smallest absolute Gasteiger partial charge is 0.323 e. The molecule has 21 heavy (non-hydrogen) atoms. The van der Waals surface area contributed by atoms with Gasteiger partial charge in [-0.3, -0.25) is 4.79 Å². The molecule has 1 saturated heterocycles. The molecule has 0 radical (unpaired) electrons. The number of carbonyl (C=O) groups excluding carboxylic acids is 1. The van der Waals surface area contributed by atoms with Crippen LogP contribution in [0.15, 0.2) is 0 Å². The fourth-order valence-corrected chi connectivity index (χ4v) is 5.85. The summed E-state index contributed by atoms with van der Waals surface area (Å²) in [5.74, 6) is -0.216. The van der Waals surface area contributed by atoms with Gasteiger partial charge in [-0.05, 0) is 38.0 Å². The highest BCUT2D eigenvalue weighted by molar-refractivity contribution is 14.1. The Kier molecular flexibility index (Phi) is 2.88. The van der Waals surface area contributed by atoms with E-state index in [1.54, 1.807) is 0 Å². The minimum Gasteiger partial charge on any atom is -0.458 e. The lowest BCUT2D eigenvalue weighted by atomic mass is 9.43. The number of alkyl halides is 1. The first-order chi connectivity index (χ1) is 9.66. The zero-order valence-corrected chi connectivity index (χ0v) is 14.4. The molecule has 6 heteroatoms. The van der Waals surface area contributed by atoms with Gasteiger partial charge in [0.2, 0.25) is 0 Å². The predicted octanol–water partition coefficient (Wildman–Crippen LogP) is 0.894. The summed E-state index contributed by atoms with van der Waals surface area (Å²) >= 11 is 2.16. The third-order valence-electron chi connectivity index (χ3n) is 5.80. The van der Waals surface area contributed by atoms with Crippen LogP contribution in [-0.4, -0.2) is 49.5 Å².